The van der Waals surface area contributed by atoms with Gasteiger partial charge in [0.1, 0.15) is 5.75 Å². The molecule has 0 bridgehead atoms. The van der Waals surface area contributed by atoms with Crippen LogP contribution in [0, 0.1) is 5.41 Å². The van der Waals surface area contributed by atoms with Crippen molar-refractivity contribution in [3.05, 3.63) is 101 Å². The number of carboxylic acids is 1. The van der Waals surface area contributed by atoms with Crippen molar-refractivity contribution in [3.63, 3.8) is 0 Å². The fourth-order valence-electron chi connectivity index (χ4n) is 5.71. The quantitative estimate of drug-likeness (QED) is 0.405. The highest BCUT2D eigenvalue weighted by Gasteiger charge is 2.41. The van der Waals surface area contributed by atoms with Crippen LogP contribution in [-0.2, 0) is 13.0 Å². The number of hydrogen-bond acceptors (Lipinski definition) is 4. The van der Waals surface area contributed by atoms with Crippen molar-refractivity contribution in [2.45, 2.75) is 44.2 Å². The molecule has 1 aliphatic heterocycles. The fraction of sp³-hybridized carbons (Fsp3) is 0.387. The lowest BCUT2D eigenvalue weighted by molar-refractivity contribution is 0.0696. The predicted molar refractivity (Wildman–Crippen MR) is 143 cm³/mol. The SMILES string of the molecule is COc1cccc(CN2CCC(CNC3CC3c3ccccc3)(Cc3cccc(C(=O)O)c3)CC2)c1. The summed E-state index contributed by atoms with van der Waals surface area (Å²) in [5.74, 6) is 0.645. The van der Waals surface area contributed by atoms with Gasteiger partial charge in [-0.25, -0.2) is 4.79 Å². The van der Waals surface area contributed by atoms with Crippen LogP contribution in [0.2, 0.25) is 0 Å². The zero-order valence-electron chi connectivity index (χ0n) is 21.0. The molecule has 5 rings (SSSR count). The molecule has 36 heavy (non-hydrogen) atoms. The predicted octanol–water partition coefficient (Wildman–Crippen LogP) is 5.36. The second-order valence-electron chi connectivity index (χ2n) is 10.6. The number of carboxylic acid groups (broad SMARTS) is 1. The van der Waals surface area contributed by atoms with E-state index in [2.05, 4.69) is 64.8 Å². The molecule has 5 nitrogen and oxygen atoms in total. The van der Waals surface area contributed by atoms with Gasteiger partial charge in [0.25, 0.3) is 0 Å². The van der Waals surface area contributed by atoms with Crippen LogP contribution in [0.3, 0.4) is 0 Å². The smallest absolute Gasteiger partial charge is 0.335 e. The van der Waals surface area contributed by atoms with Crippen LogP contribution in [0.1, 0.15) is 52.2 Å². The van der Waals surface area contributed by atoms with Crippen molar-refractivity contribution >= 4 is 5.97 Å². The first-order chi connectivity index (χ1) is 17.5. The van der Waals surface area contributed by atoms with Crippen molar-refractivity contribution in [2.75, 3.05) is 26.7 Å². The van der Waals surface area contributed by atoms with E-state index in [0.717, 1.165) is 56.8 Å². The summed E-state index contributed by atoms with van der Waals surface area (Å²) in [6.07, 6.45) is 4.27. The number of piperidine rings is 1. The fourth-order valence-corrected chi connectivity index (χ4v) is 5.71. The Morgan fingerprint density at radius 3 is 2.50 bits per heavy atom. The first-order valence-corrected chi connectivity index (χ1v) is 13.0. The monoisotopic (exact) mass is 484 g/mol. The number of rotatable bonds is 10. The molecule has 2 unspecified atom stereocenters. The maximum absolute atomic E-state index is 11.6. The van der Waals surface area contributed by atoms with E-state index in [1.54, 1.807) is 13.2 Å². The van der Waals surface area contributed by atoms with Gasteiger partial charge < -0.3 is 15.2 Å². The summed E-state index contributed by atoms with van der Waals surface area (Å²) >= 11 is 0. The standard InChI is InChI=1S/C31H36N2O3/c1-36-27-12-6-8-24(18-27)21-33-15-13-31(14-16-33,20-23-7-5-11-26(17-23)30(34)35)22-32-29-19-28(29)25-9-3-2-4-10-25/h2-12,17-18,28-29,32H,13-16,19-22H2,1H3,(H,34,35). The average Bonchev–Trinajstić information content (AvgIpc) is 3.70. The third-order valence-corrected chi connectivity index (χ3v) is 7.97. The van der Waals surface area contributed by atoms with Gasteiger partial charge in [0.05, 0.1) is 12.7 Å². The van der Waals surface area contributed by atoms with E-state index in [9.17, 15) is 9.90 Å². The zero-order valence-corrected chi connectivity index (χ0v) is 21.0. The summed E-state index contributed by atoms with van der Waals surface area (Å²) < 4.78 is 5.40. The summed E-state index contributed by atoms with van der Waals surface area (Å²) in [5.41, 5.74) is 4.31. The van der Waals surface area contributed by atoms with Crippen LogP contribution in [0.25, 0.3) is 0 Å². The first-order valence-electron chi connectivity index (χ1n) is 13.0. The molecule has 0 radical (unpaired) electrons. The largest absolute Gasteiger partial charge is 0.497 e. The molecule has 5 heteroatoms. The van der Waals surface area contributed by atoms with E-state index >= 15 is 0 Å². The highest BCUT2D eigenvalue weighted by molar-refractivity contribution is 5.87. The number of ether oxygens (including phenoxy) is 1. The van der Waals surface area contributed by atoms with Crippen LogP contribution in [-0.4, -0.2) is 48.8 Å². The average molecular weight is 485 g/mol. The Morgan fingerprint density at radius 2 is 1.75 bits per heavy atom. The molecule has 2 atom stereocenters. The van der Waals surface area contributed by atoms with Crippen LogP contribution in [0.4, 0.5) is 0 Å². The van der Waals surface area contributed by atoms with Gasteiger partial charge in [0.2, 0.25) is 0 Å². The molecule has 0 spiro atoms. The van der Waals surface area contributed by atoms with Crippen LogP contribution in [0.15, 0.2) is 78.9 Å². The number of hydrogen-bond donors (Lipinski definition) is 2. The van der Waals surface area contributed by atoms with Gasteiger partial charge in [-0.05, 0) is 85.1 Å². The molecule has 2 fully saturated rings. The van der Waals surface area contributed by atoms with E-state index < -0.39 is 5.97 Å². The lowest BCUT2D eigenvalue weighted by Gasteiger charge is -2.42. The van der Waals surface area contributed by atoms with Crippen molar-refractivity contribution < 1.29 is 14.6 Å². The van der Waals surface area contributed by atoms with Gasteiger partial charge in [-0.15, -0.1) is 0 Å². The molecule has 1 saturated heterocycles. The second kappa shape index (κ2) is 10.9. The summed E-state index contributed by atoms with van der Waals surface area (Å²) in [4.78, 5) is 14.1. The molecule has 188 valence electrons. The Hall–Kier alpha value is -3.15. The minimum atomic E-state index is -0.860. The zero-order chi connectivity index (χ0) is 25.0. The normalized spacial score (nSPS) is 21.1. The van der Waals surface area contributed by atoms with Crippen LogP contribution in [0.5, 0.6) is 5.75 Å². The molecular weight excluding hydrogens is 448 g/mol. The number of nitrogens with one attached hydrogen (secondary N) is 1. The molecule has 2 N–H and O–H groups in total. The Morgan fingerprint density at radius 1 is 1.00 bits per heavy atom. The summed E-state index contributed by atoms with van der Waals surface area (Å²) in [5, 5.41) is 13.4. The Kier molecular flexibility index (Phi) is 7.40. The molecule has 2 aliphatic rings. The van der Waals surface area contributed by atoms with Gasteiger partial charge in [0.15, 0.2) is 0 Å². The van der Waals surface area contributed by atoms with Crippen molar-refractivity contribution in [2.24, 2.45) is 5.41 Å². The van der Waals surface area contributed by atoms with Gasteiger partial charge >= 0.3 is 5.97 Å². The van der Waals surface area contributed by atoms with Crippen molar-refractivity contribution in [1.82, 2.24) is 10.2 Å². The van der Waals surface area contributed by atoms with E-state index in [0.29, 0.717) is 17.5 Å². The molecule has 3 aromatic rings. The first kappa shape index (κ1) is 24.5. The Balaban J connectivity index is 1.26. The lowest BCUT2D eigenvalue weighted by atomic mass is 9.73. The number of benzene rings is 3. The number of methoxy groups -OCH3 is 1. The Labute approximate surface area is 214 Å². The van der Waals surface area contributed by atoms with E-state index in [4.69, 9.17) is 4.74 Å². The summed E-state index contributed by atoms with van der Waals surface area (Å²) in [7, 11) is 1.71. The maximum Gasteiger partial charge on any atom is 0.335 e. The topological polar surface area (TPSA) is 61.8 Å². The van der Waals surface area contributed by atoms with Gasteiger partial charge in [-0.1, -0.05) is 54.6 Å². The molecule has 1 saturated carbocycles. The number of likely N-dealkylation sites (tertiary alicyclic amines) is 1. The van der Waals surface area contributed by atoms with Gasteiger partial charge in [-0.2, -0.15) is 0 Å². The van der Waals surface area contributed by atoms with Crippen molar-refractivity contribution in [3.8, 4) is 5.75 Å². The summed E-state index contributed by atoms with van der Waals surface area (Å²) in [6.45, 7) is 3.95. The molecule has 3 aromatic carbocycles. The van der Waals surface area contributed by atoms with Gasteiger partial charge in [0, 0.05) is 25.0 Å². The molecule has 0 aromatic heterocycles. The highest BCUT2D eigenvalue weighted by Crippen LogP contribution is 2.42. The minimum Gasteiger partial charge on any atom is -0.497 e. The maximum atomic E-state index is 11.6. The summed E-state index contributed by atoms with van der Waals surface area (Å²) in [6, 6.07) is 27.2. The number of aromatic carboxylic acids is 1. The lowest BCUT2D eigenvalue weighted by Crippen LogP contribution is -2.46. The molecule has 1 heterocycles. The second-order valence-corrected chi connectivity index (χ2v) is 10.6. The third kappa shape index (κ3) is 5.97. The highest BCUT2D eigenvalue weighted by atomic mass is 16.5. The number of nitrogens with zero attached hydrogens (tertiary/aromatic N) is 1. The Bertz CT molecular complexity index is 1170. The van der Waals surface area contributed by atoms with E-state index in [1.165, 1.54) is 17.5 Å². The third-order valence-electron chi connectivity index (χ3n) is 7.97. The number of carbonyl (C=O) groups is 1. The molecule has 0 amide bonds. The molecular formula is C31H36N2O3. The van der Waals surface area contributed by atoms with Gasteiger partial charge in [-0.3, -0.25) is 4.90 Å². The van der Waals surface area contributed by atoms with Crippen molar-refractivity contribution in [1.29, 1.82) is 0 Å². The van der Waals surface area contributed by atoms with Crippen LogP contribution < -0.4 is 10.1 Å². The van der Waals surface area contributed by atoms with Crippen LogP contribution >= 0.6 is 0 Å². The van der Waals surface area contributed by atoms with E-state index in [-0.39, 0.29) is 5.41 Å². The molecule has 1 aliphatic carbocycles. The van der Waals surface area contributed by atoms with E-state index in [1.807, 2.05) is 18.2 Å². The minimum absolute atomic E-state index is 0.117.